The van der Waals surface area contributed by atoms with Gasteiger partial charge in [-0.1, -0.05) is 19.1 Å². The molecule has 0 saturated heterocycles. The molecule has 0 radical (unpaired) electrons. The number of fused-ring (bicyclic) bond motifs is 4. The number of aromatic nitrogens is 5. The van der Waals surface area contributed by atoms with Crippen LogP contribution < -0.4 is 5.56 Å². The monoisotopic (exact) mass is 373 g/mol. The number of hydrogen-bond acceptors (Lipinski definition) is 5. The van der Waals surface area contributed by atoms with Gasteiger partial charge in [-0.05, 0) is 37.6 Å². The fourth-order valence-electron chi connectivity index (χ4n) is 3.54. The SMILES string of the molecule is CCC(C)n1cnc2c(c1=O)c1nc3ccccc3nc1n2Cc1ccco1. The average molecular weight is 373 g/mol. The van der Waals surface area contributed by atoms with E-state index < -0.39 is 0 Å². The summed E-state index contributed by atoms with van der Waals surface area (Å²) in [7, 11) is 0. The van der Waals surface area contributed by atoms with Crippen molar-refractivity contribution in [1.82, 2.24) is 24.1 Å². The average Bonchev–Trinajstić information content (AvgIpc) is 3.33. The third-order valence-electron chi connectivity index (χ3n) is 5.24. The van der Waals surface area contributed by atoms with Gasteiger partial charge >= 0.3 is 0 Å². The summed E-state index contributed by atoms with van der Waals surface area (Å²) >= 11 is 0. The summed E-state index contributed by atoms with van der Waals surface area (Å²) in [6.07, 6.45) is 4.09. The normalized spacial score (nSPS) is 12.9. The molecule has 0 saturated carbocycles. The Kier molecular flexibility index (Phi) is 3.75. The molecule has 0 aliphatic carbocycles. The van der Waals surface area contributed by atoms with Gasteiger partial charge in [-0.15, -0.1) is 0 Å². The highest BCUT2D eigenvalue weighted by atomic mass is 16.3. The summed E-state index contributed by atoms with van der Waals surface area (Å²) < 4.78 is 9.11. The van der Waals surface area contributed by atoms with Crippen LogP contribution in [0, 0.1) is 0 Å². The maximum atomic E-state index is 13.3. The molecule has 4 heterocycles. The van der Waals surface area contributed by atoms with Crippen molar-refractivity contribution in [2.75, 3.05) is 0 Å². The third kappa shape index (κ3) is 2.43. The topological polar surface area (TPSA) is 78.7 Å². The lowest BCUT2D eigenvalue weighted by Crippen LogP contribution is -2.23. The van der Waals surface area contributed by atoms with E-state index in [0.717, 1.165) is 23.2 Å². The van der Waals surface area contributed by atoms with Crippen LogP contribution in [-0.4, -0.2) is 24.1 Å². The fourth-order valence-corrected chi connectivity index (χ4v) is 3.54. The van der Waals surface area contributed by atoms with Gasteiger partial charge in [0.25, 0.3) is 5.56 Å². The highest BCUT2D eigenvalue weighted by molar-refractivity contribution is 6.04. The van der Waals surface area contributed by atoms with Gasteiger partial charge in [-0.2, -0.15) is 0 Å². The van der Waals surface area contributed by atoms with Crippen molar-refractivity contribution in [3.63, 3.8) is 0 Å². The fraction of sp³-hybridized carbons (Fsp3) is 0.238. The molecule has 7 heteroatoms. The van der Waals surface area contributed by atoms with Crippen molar-refractivity contribution in [3.05, 3.63) is 65.1 Å². The Labute approximate surface area is 160 Å². The molecule has 4 aromatic heterocycles. The van der Waals surface area contributed by atoms with Gasteiger partial charge in [0.15, 0.2) is 11.3 Å². The van der Waals surface area contributed by atoms with Crippen molar-refractivity contribution in [2.24, 2.45) is 0 Å². The van der Waals surface area contributed by atoms with E-state index >= 15 is 0 Å². The zero-order valence-electron chi connectivity index (χ0n) is 15.7. The molecule has 1 aromatic carbocycles. The van der Waals surface area contributed by atoms with Crippen LogP contribution in [-0.2, 0) is 6.54 Å². The molecule has 5 aromatic rings. The van der Waals surface area contributed by atoms with Crippen LogP contribution in [0.25, 0.3) is 33.2 Å². The molecule has 0 bridgehead atoms. The zero-order chi connectivity index (χ0) is 19.3. The Morgan fingerprint density at radius 2 is 1.86 bits per heavy atom. The second-order valence-electron chi connectivity index (χ2n) is 6.96. The first-order valence-electron chi connectivity index (χ1n) is 9.35. The summed E-state index contributed by atoms with van der Waals surface area (Å²) in [4.78, 5) is 27.5. The molecule has 5 rings (SSSR count). The van der Waals surface area contributed by atoms with Crippen LogP contribution in [0.1, 0.15) is 32.1 Å². The van der Waals surface area contributed by atoms with E-state index in [1.807, 2.05) is 47.9 Å². The van der Waals surface area contributed by atoms with E-state index in [2.05, 4.69) is 11.9 Å². The first-order valence-corrected chi connectivity index (χ1v) is 9.35. The standard InChI is InChI=1S/C21H19N5O2/c1-3-13(2)26-12-22-19-17(21(26)27)18-20(25(19)11-14-7-6-10-28-14)24-16-9-5-4-8-15(16)23-18/h4-10,12-13H,3,11H2,1-2H3. The summed E-state index contributed by atoms with van der Waals surface area (Å²) in [5.41, 5.74) is 3.23. The van der Waals surface area contributed by atoms with Crippen LogP contribution in [0.5, 0.6) is 0 Å². The molecule has 1 unspecified atom stereocenters. The van der Waals surface area contributed by atoms with Gasteiger partial charge in [0.1, 0.15) is 23.0 Å². The minimum Gasteiger partial charge on any atom is -0.467 e. The Balaban J connectivity index is 1.91. The van der Waals surface area contributed by atoms with Crippen molar-refractivity contribution < 1.29 is 4.42 Å². The molecule has 140 valence electrons. The van der Waals surface area contributed by atoms with Crippen LogP contribution >= 0.6 is 0 Å². The van der Waals surface area contributed by atoms with Crippen molar-refractivity contribution in [2.45, 2.75) is 32.9 Å². The lowest BCUT2D eigenvalue weighted by molar-refractivity contribution is 0.496. The minimum absolute atomic E-state index is 0.0567. The van der Waals surface area contributed by atoms with Crippen LogP contribution in [0.15, 0.2) is 58.2 Å². The van der Waals surface area contributed by atoms with Gasteiger partial charge in [-0.3, -0.25) is 9.36 Å². The largest absolute Gasteiger partial charge is 0.467 e. The number of nitrogens with zero attached hydrogens (tertiary/aromatic N) is 5. The van der Waals surface area contributed by atoms with E-state index in [1.54, 1.807) is 17.2 Å². The van der Waals surface area contributed by atoms with Gasteiger partial charge in [-0.25, -0.2) is 15.0 Å². The summed E-state index contributed by atoms with van der Waals surface area (Å²) in [5.74, 6) is 0.765. The first-order chi connectivity index (χ1) is 13.7. The number of hydrogen-bond donors (Lipinski definition) is 0. The first kappa shape index (κ1) is 16.7. The molecule has 28 heavy (non-hydrogen) atoms. The second-order valence-corrected chi connectivity index (χ2v) is 6.96. The molecule has 0 aliphatic rings. The molecule has 0 fully saturated rings. The molecule has 0 amide bonds. The number of furan rings is 1. The van der Waals surface area contributed by atoms with Gasteiger partial charge < -0.3 is 8.98 Å². The maximum Gasteiger partial charge on any atom is 0.265 e. The van der Waals surface area contributed by atoms with E-state index in [1.165, 1.54) is 0 Å². The highest BCUT2D eigenvalue weighted by Crippen LogP contribution is 2.26. The smallest absolute Gasteiger partial charge is 0.265 e. The van der Waals surface area contributed by atoms with E-state index in [-0.39, 0.29) is 11.6 Å². The lowest BCUT2D eigenvalue weighted by atomic mass is 10.2. The Bertz CT molecular complexity index is 1360. The van der Waals surface area contributed by atoms with Crippen LogP contribution in [0.4, 0.5) is 0 Å². The number of para-hydroxylation sites is 2. The lowest BCUT2D eigenvalue weighted by Gasteiger charge is -2.12. The van der Waals surface area contributed by atoms with Crippen LogP contribution in [0.3, 0.4) is 0 Å². The minimum atomic E-state index is -0.0906. The van der Waals surface area contributed by atoms with E-state index in [4.69, 9.17) is 14.4 Å². The van der Waals surface area contributed by atoms with Crippen LogP contribution in [0.2, 0.25) is 0 Å². The van der Waals surface area contributed by atoms with Gasteiger partial charge in [0, 0.05) is 6.04 Å². The predicted molar refractivity (Wildman–Crippen MR) is 107 cm³/mol. The quantitative estimate of drug-likeness (QED) is 0.477. The number of benzene rings is 1. The van der Waals surface area contributed by atoms with Crippen molar-refractivity contribution in [1.29, 1.82) is 0 Å². The Hall–Kier alpha value is -3.48. The molecule has 0 aliphatic heterocycles. The second kappa shape index (κ2) is 6.30. The summed E-state index contributed by atoms with van der Waals surface area (Å²) in [6, 6.07) is 11.5. The molecule has 0 N–H and O–H groups in total. The van der Waals surface area contributed by atoms with Gasteiger partial charge in [0.2, 0.25) is 0 Å². The maximum absolute atomic E-state index is 13.3. The van der Waals surface area contributed by atoms with E-state index in [0.29, 0.717) is 28.7 Å². The zero-order valence-corrected chi connectivity index (χ0v) is 15.7. The highest BCUT2D eigenvalue weighted by Gasteiger charge is 2.21. The van der Waals surface area contributed by atoms with Gasteiger partial charge in [0.05, 0.1) is 23.8 Å². The van der Waals surface area contributed by atoms with Crippen molar-refractivity contribution in [3.8, 4) is 0 Å². The summed E-state index contributed by atoms with van der Waals surface area (Å²) in [5, 5.41) is 0.502. The Morgan fingerprint density at radius 1 is 1.07 bits per heavy atom. The van der Waals surface area contributed by atoms with Crippen molar-refractivity contribution >= 4 is 33.2 Å². The third-order valence-corrected chi connectivity index (χ3v) is 5.24. The number of rotatable bonds is 4. The summed E-state index contributed by atoms with van der Waals surface area (Å²) in [6.45, 7) is 4.49. The molecular weight excluding hydrogens is 354 g/mol. The van der Waals surface area contributed by atoms with E-state index in [9.17, 15) is 4.79 Å². The molecule has 0 spiro atoms. The molecule has 1 atom stereocenters. The Morgan fingerprint density at radius 3 is 2.57 bits per heavy atom. The molecular formula is C21H19N5O2. The predicted octanol–water partition coefficient (Wildman–Crippen LogP) is 3.91. The molecule has 7 nitrogen and oxygen atoms in total.